The molecule has 1 saturated heterocycles. The van der Waals surface area contributed by atoms with Gasteiger partial charge in [-0.3, -0.25) is 9.78 Å². The van der Waals surface area contributed by atoms with Crippen molar-refractivity contribution >= 4 is 11.6 Å². The van der Waals surface area contributed by atoms with Gasteiger partial charge in [-0.05, 0) is 44.1 Å². The molecule has 0 radical (unpaired) electrons. The molecular weight excluding hydrogens is 262 g/mol. The molecule has 1 N–H and O–H groups in total. The maximum Gasteiger partial charge on any atom is 0.257 e. The van der Waals surface area contributed by atoms with E-state index in [9.17, 15) is 4.79 Å². The molecule has 0 aromatic carbocycles. The first-order valence-corrected chi connectivity index (χ1v) is 8.19. The lowest BCUT2D eigenvalue weighted by molar-refractivity contribution is 0.0781. The maximum atomic E-state index is 12.8. The summed E-state index contributed by atoms with van der Waals surface area (Å²) in [5.41, 5.74) is 2.61. The van der Waals surface area contributed by atoms with Crippen LogP contribution in [0.1, 0.15) is 48.7 Å². The summed E-state index contributed by atoms with van der Waals surface area (Å²) in [4.78, 5) is 19.2. The summed E-state index contributed by atoms with van der Waals surface area (Å²) in [6.07, 6.45) is 6.71. The third kappa shape index (κ3) is 2.89. The van der Waals surface area contributed by atoms with Gasteiger partial charge in [0, 0.05) is 31.5 Å². The van der Waals surface area contributed by atoms with Crippen molar-refractivity contribution in [3.63, 3.8) is 0 Å². The average molecular weight is 287 g/mol. The molecule has 2 unspecified atom stereocenters. The number of carbonyl (C=O) groups is 1. The Bertz CT molecular complexity index is 517. The number of carbonyl (C=O) groups excluding carboxylic acids is 1. The summed E-state index contributed by atoms with van der Waals surface area (Å²) in [6.45, 7) is 6.85. The number of fused-ring (bicyclic) bond motifs is 1. The smallest absolute Gasteiger partial charge is 0.257 e. The molecule has 114 valence electrons. The van der Waals surface area contributed by atoms with Crippen molar-refractivity contribution in [1.82, 2.24) is 9.88 Å². The van der Waals surface area contributed by atoms with Crippen molar-refractivity contribution in [3.05, 3.63) is 23.5 Å². The van der Waals surface area contributed by atoms with E-state index in [4.69, 9.17) is 0 Å². The number of nitrogens with one attached hydrogen (secondary N) is 1. The monoisotopic (exact) mass is 287 g/mol. The highest BCUT2D eigenvalue weighted by atomic mass is 16.2. The molecule has 1 saturated carbocycles. The Morgan fingerprint density at radius 1 is 1.38 bits per heavy atom. The van der Waals surface area contributed by atoms with E-state index < -0.39 is 0 Å². The molecule has 0 spiro atoms. The highest BCUT2D eigenvalue weighted by Crippen LogP contribution is 2.38. The van der Waals surface area contributed by atoms with Gasteiger partial charge in [-0.1, -0.05) is 13.3 Å². The summed E-state index contributed by atoms with van der Waals surface area (Å²) < 4.78 is 0. The van der Waals surface area contributed by atoms with Gasteiger partial charge in [0.2, 0.25) is 0 Å². The number of rotatable bonds is 4. The normalized spacial score (nSPS) is 24.2. The van der Waals surface area contributed by atoms with E-state index >= 15 is 0 Å². The minimum atomic E-state index is 0.149. The zero-order valence-electron chi connectivity index (χ0n) is 13.1. The van der Waals surface area contributed by atoms with Crippen LogP contribution in [0.2, 0.25) is 0 Å². The van der Waals surface area contributed by atoms with Crippen LogP contribution in [0.5, 0.6) is 0 Å². The molecule has 2 aliphatic rings. The molecule has 1 aromatic heterocycles. The number of nitrogens with zero attached hydrogens (tertiary/aromatic N) is 2. The van der Waals surface area contributed by atoms with Gasteiger partial charge in [-0.2, -0.15) is 0 Å². The van der Waals surface area contributed by atoms with Gasteiger partial charge in [-0.25, -0.2) is 0 Å². The van der Waals surface area contributed by atoms with E-state index in [1.165, 1.54) is 19.3 Å². The predicted molar refractivity (Wildman–Crippen MR) is 84.5 cm³/mol. The standard InChI is InChI=1S/C17H25N3O/c1-3-7-18-16-8-12(2)19-9-15(16)17(21)20-10-13-5-4-6-14(13)11-20/h8-9,13-14H,3-7,10-11H2,1-2H3,(H,18,19). The van der Waals surface area contributed by atoms with Crippen LogP contribution < -0.4 is 5.32 Å². The largest absolute Gasteiger partial charge is 0.384 e. The highest BCUT2D eigenvalue weighted by molar-refractivity contribution is 5.99. The zero-order valence-corrected chi connectivity index (χ0v) is 13.1. The van der Waals surface area contributed by atoms with Crippen LogP contribution in [-0.4, -0.2) is 35.4 Å². The SMILES string of the molecule is CCCNc1cc(C)ncc1C(=O)N1CC2CCCC2C1. The first-order chi connectivity index (χ1) is 10.2. The van der Waals surface area contributed by atoms with Crippen LogP contribution in [0.3, 0.4) is 0 Å². The molecular formula is C17H25N3O. The minimum absolute atomic E-state index is 0.149. The van der Waals surface area contributed by atoms with Gasteiger partial charge in [0.05, 0.1) is 11.3 Å². The van der Waals surface area contributed by atoms with Crippen molar-refractivity contribution in [2.45, 2.75) is 39.5 Å². The lowest BCUT2D eigenvalue weighted by Gasteiger charge is -2.19. The maximum absolute atomic E-state index is 12.8. The number of pyridine rings is 1. The summed E-state index contributed by atoms with van der Waals surface area (Å²) in [6, 6.07) is 1.99. The Hall–Kier alpha value is -1.58. The van der Waals surface area contributed by atoms with Crippen LogP contribution in [0, 0.1) is 18.8 Å². The topological polar surface area (TPSA) is 45.2 Å². The second-order valence-electron chi connectivity index (χ2n) is 6.46. The second-order valence-corrected chi connectivity index (χ2v) is 6.46. The van der Waals surface area contributed by atoms with Crippen LogP contribution >= 0.6 is 0 Å². The van der Waals surface area contributed by atoms with Gasteiger partial charge in [0.15, 0.2) is 0 Å². The van der Waals surface area contributed by atoms with Crippen molar-refractivity contribution in [3.8, 4) is 0 Å². The van der Waals surface area contributed by atoms with Crippen molar-refractivity contribution in [2.24, 2.45) is 11.8 Å². The molecule has 1 aromatic rings. The van der Waals surface area contributed by atoms with Crippen LogP contribution in [0.15, 0.2) is 12.3 Å². The number of anilines is 1. The number of likely N-dealkylation sites (tertiary alicyclic amines) is 1. The molecule has 2 fully saturated rings. The van der Waals surface area contributed by atoms with Crippen LogP contribution in [-0.2, 0) is 0 Å². The van der Waals surface area contributed by atoms with E-state index in [0.717, 1.165) is 54.8 Å². The Morgan fingerprint density at radius 3 is 2.76 bits per heavy atom. The Kier molecular flexibility index (Phi) is 4.13. The predicted octanol–water partition coefficient (Wildman–Crippen LogP) is 3.08. The first-order valence-electron chi connectivity index (χ1n) is 8.19. The summed E-state index contributed by atoms with van der Waals surface area (Å²) in [5.74, 6) is 1.62. The van der Waals surface area contributed by atoms with E-state index in [1.807, 2.05) is 17.9 Å². The molecule has 1 aliphatic carbocycles. The second kappa shape index (κ2) is 6.04. The minimum Gasteiger partial charge on any atom is -0.384 e. The van der Waals surface area contributed by atoms with Crippen LogP contribution in [0.4, 0.5) is 5.69 Å². The number of aryl methyl sites for hydroxylation is 1. The van der Waals surface area contributed by atoms with Crippen molar-refractivity contribution in [2.75, 3.05) is 25.0 Å². The van der Waals surface area contributed by atoms with E-state index in [2.05, 4.69) is 17.2 Å². The number of aromatic nitrogens is 1. The third-order valence-electron chi connectivity index (χ3n) is 4.85. The third-order valence-corrected chi connectivity index (χ3v) is 4.85. The Balaban J connectivity index is 1.77. The Morgan fingerprint density at radius 2 is 2.10 bits per heavy atom. The average Bonchev–Trinajstić information content (AvgIpc) is 3.05. The molecule has 2 atom stereocenters. The summed E-state index contributed by atoms with van der Waals surface area (Å²) in [7, 11) is 0. The molecule has 3 rings (SSSR count). The molecule has 4 nitrogen and oxygen atoms in total. The number of hydrogen-bond acceptors (Lipinski definition) is 3. The lowest BCUT2D eigenvalue weighted by atomic mass is 10.0. The molecule has 0 bridgehead atoms. The van der Waals surface area contributed by atoms with Gasteiger partial charge in [0.25, 0.3) is 5.91 Å². The van der Waals surface area contributed by atoms with E-state index in [0.29, 0.717) is 0 Å². The quantitative estimate of drug-likeness (QED) is 0.925. The van der Waals surface area contributed by atoms with Gasteiger partial charge in [-0.15, -0.1) is 0 Å². The molecule has 1 aliphatic heterocycles. The first kappa shape index (κ1) is 14.4. The molecule has 21 heavy (non-hydrogen) atoms. The number of amides is 1. The fourth-order valence-corrected chi connectivity index (χ4v) is 3.71. The van der Waals surface area contributed by atoms with Crippen molar-refractivity contribution in [1.29, 1.82) is 0 Å². The fourth-order valence-electron chi connectivity index (χ4n) is 3.71. The molecule has 4 heteroatoms. The summed E-state index contributed by atoms with van der Waals surface area (Å²) in [5, 5.41) is 3.37. The number of hydrogen-bond donors (Lipinski definition) is 1. The van der Waals surface area contributed by atoms with E-state index in [-0.39, 0.29) is 5.91 Å². The molecule has 1 amide bonds. The van der Waals surface area contributed by atoms with Crippen LogP contribution in [0.25, 0.3) is 0 Å². The Labute approximate surface area is 126 Å². The highest BCUT2D eigenvalue weighted by Gasteiger charge is 2.38. The fraction of sp³-hybridized carbons (Fsp3) is 0.647. The van der Waals surface area contributed by atoms with Gasteiger partial charge in [0.1, 0.15) is 0 Å². The van der Waals surface area contributed by atoms with E-state index in [1.54, 1.807) is 6.20 Å². The summed E-state index contributed by atoms with van der Waals surface area (Å²) >= 11 is 0. The zero-order chi connectivity index (χ0) is 14.8. The lowest BCUT2D eigenvalue weighted by Crippen LogP contribution is -2.30. The van der Waals surface area contributed by atoms with Crippen molar-refractivity contribution < 1.29 is 4.79 Å². The molecule has 2 heterocycles. The van der Waals surface area contributed by atoms with Gasteiger partial charge >= 0.3 is 0 Å². The van der Waals surface area contributed by atoms with Gasteiger partial charge < -0.3 is 10.2 Å².